The van der Waals surface area contributed by atoms with Gasteiger partial charge in [-0.3, -0.25) is 0 Å². The highest BCUT2D eigenvalue weighted by Crippen LogP contribution is 2.21. The van der Waals surface area contributed by atoms with Crippen LogP contribution in [-0.2, 0) is 13.0 Å². The van der Waals surface area contributed by atoms with Gasteiger partial charge >= 0.3 is 0 Å². The molecule has 1 aromatic heterocycles. The van der Waals surface area contributed by atoms with Crippen LogP contribution >= 0.6 is 0 Å². The summed E-state index contributed by atoms with van der Waals surface area (Å²) in [6.45, 7) is 3.74. The lowest BCUT2D eigenvalue weighted by Crippen LogP contribution is -2.06. The van der Waals surface area contributed by atoms with Crippen molar-refractivity contribution in [1.82, 2.24) is 14.8 Å². The van der Waals surface area contributed by atoms with Crippen LogP contribution in [0.3, 0.4) is 0 Å². The van der Waals surface area contributed by atoms with E-state index in [4.69, 9.17) is 5.73 Å². The summed E-state index contributed by atoms with van der Waals surface area (Å²) in [5.74, 6) is 0.941. The zero-order valence-electron chi connectivity index (χ0n) is 10.1. The summed E-state index contributed by atoms with van der Waals surface area (Å²) < 4.78 is 2.09. The number of nitrogens with zero attached hydrogens (tertiary/aromatic N) is 3. The summed E-state index contributed by atoms with van der Waals surface area (Å²) in [4.78, 5) is 0. The molecule has 2 N–H and O–H groups in total. The molecule has 0 aliphatic carbocycles. The van der Waals surface area contributed by atoms with Crippen LogP contribution in [0.2, 0.25) is 0 Å². The molecule has 4 heteroatoms. The van der Waals surface area contributed by atoms with Crippen LogP contribution in [-0.4, -0.2) is 21.3 Å². The number of hydrogen-bond acceptors (Lipinski definition) is 3. The predicted octanol–water partition coefficient (Wildman–Crippen LogP) is 1.86. The third-order valence-corrected chi connectivity index (χ3v) is 2.75. The van der Waals surface area contributed by atoms with Crippen molar-refractivity contribution in [3.63, 3.8) is 0 Å². The number of aromatic nitrogens is 3. The molecule has 0 bridgehead atoms. The van der Waals surface area contributed by atoms with Crippen LogP contribution in [0.25, 0.3) is 11.4 Å². The predicted molar refractivity (Wildman–Crippen MR) is 68.5 cm³/mol. The van der Waals surface area contributed by atoms with Gasteiger partial charge in [0.1, 0.15) is 6.33 Å². The quantitative estimate of drug-likeness (QED) is 0.853. The van der Waals surface area contributed by atoms with Crippen LogP contribution in [0.5, 0.6) is 0 Å². The number of benzene rings is 1. The van der Waals surface area contributed by atoms with Gasteiger partial charge in [0.05, 0.1) is 0 Å². The maximum atomic E-state index is 5.64. The van der Waals surface area contributed by atoms with Gasteiger partial charge in [0, 0.05) is 12.1 Å². The molecule has 0 aliphatic heterocycles. The molecule has 0 spiro atoms. The van der Waals surface area contributed by atoms with E-state index in [1.807, 2.05) is 12.1 Å². The van der Waals surface area contributed by atoms with E-state index in [0.29, 0.717) is 6.54 Å². The second-order valence-electron chi connectivity index (χ2n) is 4.04. The second kappa shape index (κ2) is 5.59. The largest absolute Gasteiger partial charge is 0.330 e. The third kappa shape index (κ3) is 2.53. The van der Waals surface area contributed by atoms with Crippen LogP contribution < -0.4 is 5.73 Å². The lowest BCUT2D eigenvalue weighted by atomic mass is 10.0. The lowest BCUT2D eigenvalue weighted by Gasteiger charge is -2.09. The van der Waals surface area contributed by atoms with Crippen LogP contribution in [0.4, 0.5) is 0 Å². The van der Waals surface area contributed by atoms with E-state index in [9.17, 15) is 0 Å². The molecule has 1 aromatic carbocycles. The van der Waals surface area contributed by atoms with Crippen molar-refractivity contribution >= 4 is 0 Å². The minimum atomic E-state index is 0.652. The van der Waals surface area contributed by atoms with Crippen LogP contribution in [0.1, 0.15) is 18.9 Å². The molecule has 2 rings (SSSR count). The topological polar surface area (TPSA) is 56.7 Å². The summed E-state index contributed by atoms with van der Waals surface area (Å²) >= 11 is 0. The Morgan fingerprint density at radius 1 is 1.29 bits per heavy atom. The first kappa shape index (κ1) is 11.8. The first-order chi connectivity index (χ1) is 8.36. The fraction of sp³-hybridized carbons (Fsp3) is 0.385. The number of aryl methyl sites for hydroxylation is 1. The van der Waals surface area contributed by atoms with E-state index in [2.05, 4.69) is 33.8 Å². The maximum Gasteiger partial charge on any atom is 0.164 e. The molecule has 4 nitrogen and oxygen atoms in total. The van der Waals surface area contributed by atoms with Gasteiger partial charge in [0.15, 0.2) is 5.82 Å². The van der Waals surface area contributed by atoms with Crippen molar-refractivity contribution in [2.75, 3.05) is 6.54 Å². The summed E-state index contributed by atoms with van der Waals surface area (Å²) in [6.07, 6.45) is 3.73. The molecule has 1 heterocycles. The first-order valence-electron chi connectivity index (χ1n) is 6.03. The van der Waals surface area contributed by atoms with Crippen molar-refractivity contribution in [1.29, 1.82) is 0 Å². The Balaban J connectivity index is 2.41. The average molecular weight is 230 g/mol. The molecule has 0 saturated heterocycles. The minimum Gasteiger partial charge on any atom is -0.330 e. The molecule has 0 unspecified atom stereocenters. The molecule has 2 aromatic rings. The normalized spacial score (nSPS) is 10.7. The van der Waals surface area contributed by atoms with E-state index in [0.717, 1.165) is 30.8 Å². The summed E-state index contributed by atoms with van der Waals surface area (Å²) in [5.41, 5.74) is 8.02. The van der Waals surface area contributed by atoms with E-state index >= 15 is 0 Å². The zero-order valence-corrected chi connectivity index (χ0v) is 10.1. The lowest BCUT2D eigenvalue weighted by molar-refractivity contribution is 0.682. The fourth-order valence-electron chi connectivity index (χ4n) is 1.98. The highest BCUT2D eigenvalue weighted by atomic mass is 15.3. The molecule has 0 saturated carbocycles. The van der Waals surface area contributed by atoms with Gasteiger partial charge in [-0.25, -0.2) is 0 Å². The summed E-state index contributed by atoms with van der Waals surface area (Å²) in [6, 6.07) is 8.25. The Labute approximate surface area is 101 Å². The Morgan fingerprint density at radius 2 is 2.12 bits per heavy atom. The molecule has 0 radical (unpaired) electrons. The number of rotatable bonds is 5. The van der Waals surface area contributed by atoms with Crippen molar-refractivity contribution < 1.29 is 0 Å². The molecule has 0 fully saturated rings. The van der Waals surface area contributed by atoms with E-state index in [1.54, 1.807) is 6.33 Å². The Bertz CT molecular complexity index is 476. The van der Waals surface area contributed by atoms with Crippen LogP contribution in [0, 0.1) is 0 Å². The van der Waals surface area contributed by atoms with Crippen molar-refractivity contribution in [3.8, 4) is 11.4 Å². The van der Waals surface area contributed by atoms with Gasteiger partial charge in [-0.05, 0) is 24.9 Å². The van der Waals surface area contributed by atoms with E-state index < -0.39 is 0 Å². The van der Waals surface area contributed by atoms with Gasteiger partial charge < -0.3 is 10.3 Å². The van der Waals surface area contributed by atoms with Gasteiger partial charge in [0.2, 0.25) is 0 Å². The molecule has 0 aliphatic rings. The van der Waals surface area contributed by atoms with E-state index in [1.165, 1.54) is 5.56 Å². The van der Waals surface area contributed by atoms with Gasteiger partial charge in [-0.2, -0.15) is 0 Å². The molecule has 90 valence electrons. The third-order valence-electron chi connectivity index (χ3n) is 2.75. The molecule has 0 atom stereocenters. The van der Waals surface area contributed by atoms with Crippen LogP contribution in [0.15, 0.2) is 30.6 Å². The van der Waals surface area contributed by atoms with Gasteiger partial charge in [-0.1, -0.05) is 31.2 Å². The average Bonchev–Trinajstić information content (AvgIpc) is 2.79. The minimum absolute atomic E-state index is 0.652. The SMILES string of the molecule is CCCn1cnnc1-c1ccccc1CCN. The first-order valence-corrected chi connectivity index (χ1v) is 6.03. The Morgan fingerprint density at radius 3 is 2.88 bits per heavy atom. The smallest absolute Gasteiger partial charge is 0.164 e. The molecular formula is C13H18N4. The van der Waals surface area contributed by atoms with Gasteiger partial charge in [-0.15, -0.1) is 10.2 Å². The van der Waals surface area contributed by atoms with Crippen molar-refractivity contribution in [2.24, 2.45) is 5.73 Å². The number of hydrogen-bond donors (Lipinski definition) is 1. The molecular weight excluding hydrogens is 212 g/mol. The standard InChI is InChI=1S/C13H18N4/c1-2-9-17-10-15-16-13(17)12-6-4-3-5-11(12)7-8-14/h3-6,10H,2,7-9,14H2,1H3. The highest BCUT2D eigenvalue weighted by molar-refractivity contribution is 5.60. The van der Waals surface area contributed by atoms with E-state index in [-0.39, 0.29) is 0 Å². The summed E-state index contributed by atoms with van der Waals surface area (Å²) in [5, 5.41) is 8.22. The second-order valence-corrected chi connectivity index (χ2v) is 4.04. The molecule has 0 amide bonds. The Kier molecular flexibility index (Phi) is 3.88. The van der Waals surface area contributed by atoms with Crippen molar-refractivity contribution in [2.45, 2.75) is 26.3 Å². The Hall–Kier alpha value is -1.68. The van der Waals surface area contributed by atoms with Gasteiger partial charge in [0.25, 0.3) is 0 Å². The monoisotopic (exact) mass is 230 g/mol. The fourth-order valence-corrected chi connectivity index (χ4v) is 1.98. The number of nitrogens with two attached hydrogens (primary N) is 1. The molecule has 17 heavy (non-hydrogen) atoms. The maximum absolute atomic E-state index is 5.64. The zero-order chi connectivity index (χ0) is 12.1. The summed E-state index contributed by atoms with van der Waals surface area (Å²) in [7, 11) is 0. The highest BCUT2D eigenvalue weighted by Gasteiger charge is 2.10. The van der Waals surface area contributed by atoms with Crippen molar-refractivity contribution in [3.05, 3.63) is 36.2 Å².